The predicted octanol–water partition coefficient (Wildman–Crippen LogP) is 4.24. The van der Waals surface area contributed by atoms with Gasteiger partial charge in [-0.15, -0.1) is 0 Å². The van der Waals surface area contributed by atoms with Gasteiger partial charge in [-0.2, -0.15) is 0 Å². The number of rotatable bonds is 9. The highest BCUT2D eigenvalue weighted by Crippen LogP contribution is 2.31. The molecule has 0 fully saturated rings. The van der Waals surface area contributed by atoms with E-state index in [1.807, 2.05) is 6.92 Å². The van der Waals surface area contributed by atoms with Crippen molar-refractivity contribution in [3.8, 4) is 0 Å². The fourth-order valence-corrected chi connectivity index (χ4v) is 3.12. The van der Waals surface area contributed by atoms with Crippen molar-refractivity contribution in [2.45, 2.75) is 70.8 Å². The molecule has 0 saturated carbocycles. The first-order chi connectivity index (χ1) is 10.6. The number of aliphatic hydroxyl groups excluding tert-OH is 1. The highest BCUT2D eigenvalue weighted by atomic mass is 16.3. The van der Waals surface area contributed by atoms with Gasteiger partial charge in [0.15, 0.2) is 0 Å². The first-order valence-electron chi connectivity index (χ1n) is 8.79. The molecule has 1 aliphatic carbocycles. The van der Waals surface area contributed by atoms with E-state index < -0.39 is 5.54 Å². The van der Waals surface area contributed by atoms with E-state index in [-0.39, 0.29) is 6.61 Å². The zero-order chi connectivity index (χ0) is 16.0. The smallest absolute Gasteiger partial charge is 0.0647 e. The standard InChI is InChI=1S/C20H31NO/c1-3-4-5-6-7-8-9-16-10-11-17-13-19(14-18(17)12-16)20(2,21)15-22/h10-12,14,22H,3-9,13,15,21H2,1-2H3. The second-order valence-electron chi connectivity index (χ2n) is 6.97. The molecule has 1 atom stereocenters. The molecule has 0 aliphatic heterocycles. The third-order valence-corrected chi connectivity index (χ3v) is 4.80. The normalized spacial score (nSPS) is 16.3. The van der Waals surface area contributed by atoms with Crippen LogP contribution in [0, 0.1) is 0 Å². The van der Waals surface area contributed by atoms with Gasteiger partial charge in [-0.05, 0) is 48.4 Å². The van der Waals surface area contributed by atoms with Crippen molar-refractivity contribution >= 4 is 6.08 Å². The number of fused-ring (bicyclic) bond motifs is 1. The SMILES string of the molecule is CCCCCCCCc1ccc2c(c1)C=C(C(C)(N)CO)C2. The maximum absolute atomic E-state index is 9.43. The van der Waals surface area contributed by atoms with E-state index >= 15 is 0 Å². The van der Waals surface area contributed by atoms with Crippen molar-refractivity contribution in [3.63, 3.8) is 0 Å². The van der Waals surface area contributed by atoms with Crippen molar-refractivity contribution in [2.24, 2.45) is 5.73 Å². The average Bonchev–Trinajstić information content (AvgIpc) is 2.95. The highest BCUT2D eigenvalue weighted by Gasteiger charge is 2.27. The van der Waals surface area contributed by atoms with Crippen LogP contribution >= 0.6 is 0 Å². The first kappa shape index (κ1) is 17.2. The Morgan fingerprint density at radius 1 is 1.14 bits per heavy atom. The van der Waals surface area contributed by atoms with Crippen LogP contribution in [0.2, 0.25) is 0 Å². The summed E-state index contributed by atoms with van der Waals surface area (Å²) in [5.41, 5.74) is 10.8. The summed E-state index contributed by atoms with van der Waals surface area (Å²) in [5.74, 6) is 0. The maximum Gasteiger partial charge on any atom is 0.0647 e. The molecule has 1 unspecified atom stereocenters. The fourth-order valence-electron chi connectivity index (χ4n) is 3.12. The Labute approximate surface area is 135 Å². The van der Waals surface area contributed by atoms with Crippen molar-refractivity contribution in [1.82, 2.24) is 0 Å². The van der Waals surface area contributed by atoms with E-state index in [0.29, 0.717) is 0 Å². The molecule has 0 aromatic heterocycles. The van der Waals surface area contributed by atoms with Gasteiger partial charge in [-0.3, -0.25) is 0 Å². The number of hydrogen-bond acceptors (Lipinski definition) is 2. The zero-order valence-electron chi connectivity index (χ0n) is 14.2. The number of aryl methyl sites for hydroxylation is 1. The van der Waals surface area contributed by atoms with Gasteiger partial charge in [0, 0.05) is 0 Å². The molecule has 2 nitrogen and oxygen atoms in total. The van der Waals surface area contributed by atoms with E-state index in [4.69, 9.17) is 5.73 Å². The minimum atomic E-state index is -0.599. The molecule has 1 aromatic rings. The molecule has 0 radical (unpaired) electrons. The van der Waals surface area contributed by atoms with E-state index in [2.05, 4.69) is 31.2 Å². The summed E-state index contributed by atoms with van der Waals surface area (Å²) in [6.07, 6.45) is 12.3. The van der Waals surface area contributed by atoms with E-state index in [0.717, 1.165) is 12.0 Å². The lowest BCUT2D eigenvalue weighted by molar-refractivity contribution is 0.230. The summed E-state index contributed by atoms with van der Waals surface area (Å²) >= 11 is 0. The predicted molar refractivity (Wildman–Crippen MR) is 94.9 cm³/mol. The second kappa shape index (κ2) is 7.94. The van der Waals surface area contributed by atoms with Crippen molar-refractivity contribution in [2.75, 3.05) is 6.61 Å². The number of hydrogen-bond donors (Lipinski definition) is 2. The Bertz CT molecular complexity index is 516. The summed E-state index contributed by atoms with van der Waals surface area (Å²) in [6, 6.07) is 6.80. The van der Waals surface area contributed by atoms with Crippen LogP contribution < -0.4 is 5.73 Å². The van der Waals surface area contributed by atoms with Gasteiger partial charge in [0.1, 0.15) is 0 Å². The number of nitrogens with two attached hydrogens (primary N) is 1. The topological polar surface area (TPSA) is 46.2 Å². The van der Waals surface area contributed by atoms with Gasteiger partial charge < -0.3 is 10.8 Å². The third-order valence-electron chi connectivity index (χ3n) is 4.80. The summed E-state index contributed by atoms with van der Waals surface area (Å²) in [5, 5.41) is 9.43. The molecule has 1 aliphatic rings. The average molecular weight is 301 g/mol. The number of unbranched alkanes of at least 4 members (excludes halogenated alkanes) is 5. The summed E-state index contributed by atoms with van der Waals surface area (Å²) in [6.45, 7) is 4.16. The summed E-state index contributed by atoms with van der Waals surface area (Å²) in [4.78, 5) is 0. The molecule has 0 spiro atoms. The molecule has 0 heterocycles. The van der Waals surface area contributed by atoms with Crippen LogP contribution in [-0.2, 0) is 12.8 Å². The fraction of sp³-hybridized carbons (Fsp3) is 0.600. The third kappa shape index (κ3) is 4.44. The van der Waals surface area contributed by atoms with Crippen LogP contribution in [0.3, 0.4) is 0 Å². The van der Waals surface area contributed by atoms with Gasteiger partial charge in [0.2, 0.25) is 0 Å². The number of benzene rings is 1. The van der Waals surface area contributed by atoms with Gasteiger partial charge in [0.25, 0.3) is 0 Å². The van der Waals surface area contributed by atoms with Crippen LogP contribution in [0.15, 0.2) is 23.8 Å². The monoisotopic (exact) mass is 301 g/mol. The Morgan fingerprint density at radius 2 is 1.86 bits per heavy atom. The lowest BCUT2D eigenvalue weighted by atomic mass is 9.92. The molecular weight excluding hydrogens is 270 g/mol. The highest BCUT2D eigenvalue weighted by molar-refractivity contribution is 5.66. The van der Waals surface area contributed by atoms with Gasteiger partial charge in [-0.25, -0.2) is 0 Å². The van der Waals surface area contributed by atoms with Crippen LogP contribution in [-0.4, -0.2) is 17.3 Å². The molecular formula is C20H31NO. The largest absolute Gasteiger partial charge is 0.394 e. The molecule has 22 heavy (non-hydrogen) atoms. The van der Waals surface area contributed by atoms with E-state index in [1.54, 1.807) is 0 Å². The quantitative estimate of drug-likeness (QED) is 0.670. The minimum Gasteiger partial charge on any atom is -0.394 e. The van der Waals surface area contributed by atoms with Crippen LogP contribution in [0.1, 0.15) is 69.1 Å². The van der Waals surface area contributed by atoms with Gasteiger partial charge in [-0.1, -0.05) is 63.3 Å². The molecule has 1 aromatic carbocycles. The van der Waals surface area contributed by atoms with Crippen molar-refractivity contribution in [1.29, 1.82) is 0 Å². The summed E-state index contributed by atoms with van der Waals surface area (Å²) in [7, 11) is 0. The van der Waals surface area contributed by atoms with E-state index in [9.17, 15) is 5.11 Å². The second-order valence-corrected chi connectivity index (χ2v) is 6.97. The molecule has 0 saturated heterocycles. The Balaban J connectivity index is 1.89. The van der Waals surface area contributed by atoms with Crippen molar-refractivity contribution < 1.29 is 5.11 Å². The zero-order valence-corrected chi connectivity index (χ0v) is 14.2. The van der Waals surface area contributed by atoms with Crippen LogP contribution in [0.25, 0.3) is 6.08 Å². The molecule has 3 N–H and O–H groups in total. The molecule has 122 valence electrons. The number of aliphatic hydroxyl groups is 1. The van der Waals surface area contributed by atoms with Crippen LogP contribution in [0.5, 0.6) is 0 Å². The van der Waals surface area contributed by atoms with Gasteiger partial charge in [0.05, 0.1) is 12.1 Å². The Kier molecular flexibility index (Phi) is 6.22. The molecule has 0 bridgehead atoms. The molecule has 2 rings (SSSR count). The lowest BCUT2D eigenvalue weighted by Gasteiger charge is -2.23. The summed E-state index contributed by atoms with van der Waals surface area (Å²) < 4.78 is 0. The maximum atomic E-state index is 9.43. The Hall–Kier alpha value is -1.12. The van der Waals surface area contributed by atoms with Crippen LogP contribution in [0.4, 0.5) is 0 Å². The van der Waals surface area contributed by atoms with Crippen molar-refractivity contribution in [3.05, 3.63) is 40.5 Å². The van der Waals surface area contributed by atoms with Gasteiger partial charge >= 0.3 is 0 Å². The minimum absolute atomic E-state index is 0.00254. The molecule has 2 heteroatoms. The first-order valence-corrected chi connectivity index (χ1v) is 8.79. The van der Waals surface area contributed by atoms with E-state index in [1.165, 1.54) is 61.6 Å². The Morgan fingerprint density at radius 3 is 2.59 bits per heavy atom. The lowest BCUT2D eigenvalue weighted by Crippen LogP contribution is -2.42. The molecule has 0 amide bonds.